The summed E-state index contributed by atoms with van der Waals surface area (Å²) in [5, 5.41) is 13.2. The third-order valence-electron chi connectivity index (χ3n) is 3.16. The predicted molar refractivity (Wildman–Crippen MR) is 97.5 cm³/mol. The number of nitro groups is 1. The number of benzene rings is 2. The molecule has 0 radical (unpaired) electrons. The molecule has 2 rings (SSSR count). The summed E-state index contributed by atoms with van der Waals surface area (Å²) in [5.41, 5.74) is 0.209. The summed E-state index contributed by atoms with van der Waals surface area (Å²) < 4.78 is 30.2. The molecule has 0 atom stereocenters. The molecule has 0 bridgehead atoms. The van der Waals surface area contributed by atoms with Crippen LogP contribution in [0.1, 0.15) is 10.4 Å². The van der Waals surface area contributed by atoms with Crippen molar-refractivity contribution in [2.75, 3.05) is 23.4 Å². The number of amides is 1. The second kappa shape index (κ2) is 7.58. The predicted octanol–water partition coefficient (Wildman–Crippen LogP) is 2.88. The number of ether oxygens (including phenoxy) is 1. The first-order valence-electron chi connectivity index (χ1n) is 7.02. The fourth-order valence-corrected chi connectivity index (χ4v) is 2.88. The van der Waals surface area contributed by atoms with Crippen LogP contribution in [0.15, 0.2) is 36.4 Å². The van der Waals surface area contributed by atoms with Crippen molar-refractivity contribution in [1.82, 2.24) is 0 Å². The SMILES string of the molecule is COc1ccc(NC(=O)c2ccc([N+](=O)[O-])cc2Cl)cc1NS(C)(=O)=O. The number of anilines is 2. The van der Waals surface area contributed by atoms with Crippen LogP contribution in [0.5, 0.6) is 5.75 Å². The highest BCUT2D eigenvalue weighted by molar-refractivity contribution is 7.92. The molecule has 0 unspecified atom stereocenters. The maximum atomic E-state index is 12.3. The molecular formula is C15H14ClN3O6S. The molecular weight excluding hydrogens is 386 g/mol. The summed E-state index contributed by atoms with van der Waals surface area (Å²) >= 11 is 5.92. The molecule has 2 N–H and O–H groups in total. The van der Waals surface area contributed by atoms with Crippen molar-refractivity contribution in [3.8, 4) is 5.75 Å². The summed E-state index contributed by atoms with van der Waals surface area (Å²) in [5.74, 6) is -0.345. The average Bonchev–Trinajstić information content (AvgIpc) is 2.53. The normalized spacial score (nSPS) is 10.9. The zero-order valence-corrected chi connectivity index (χ0v) is 15.2. The molecule has 26 heavy (non-hydrogen) atoms. The van der Waals surface area contributed by atoms with E-state index in [9.17, 15) is 23.3 Å². The molecule has 0 fully saturated rings. The number of non-ortho nitro benzene ring substituents is 1. The third-order valence-corrected chi connectivity index (χ3v) is 4.06. The molecule has 0 aliphatic carbocycles. The van der Waals surface area contributed by atoms with Crippen molar-refractivity contribution in [3.05, 3.63) is 57.1 Å². The van der Waals surface area contributed by atoms with Gasteiger partial charge >= 0.3 is 0 Å². The molecule has 9 nitrogen and oxygen atoms in total. The number of carbonyl (C=O) groups excluding carboxylic acids is 1. The zero-order chi connectivity index (χ0) is 19.5. The Morgan fingerprint density at radius 2 is 1.92 bits per heavy atom. The lowest BCUT2D eigenvalue weighted by Gasteiger charge is -2.12. The number of rotatable bonds is 6. The van der Waals surface area contributed by atoms with E-state index in [1.807, 2.05) is 0 Å². The molecule has 138 valence electrons. The van der Waals surface area contributed by atoms with Crippen LogP contribution in [0.4, 0.5) is 17.1 Å². The fourth-order valence-electron chi connectivity index (χ4n) is 2.07. The van der Waals surface area contributed by atoms with Gasteiger partial charge in [0.2, 0.25) is 10.0 Å². The Kier molecular flexibility index (Phi) is 5.68. The molecule has 0 aromatic heterocycles. The van der Waals surface area contributed by atoms with Gasteiger partial charge in [-0.1, -0.05) is 11.6 Å². The number of carbonyl (C=O) groups is 1. The molecule has 0 saturated carbocycles. The molecule has 2 aromatic rings. The molecule has 0 aliphatic heterocycles. The van der Waals surface area contributed by atoms with Gasteiger partial charge in [0.05, 0.1) is 34.6 Å². The second-order valence-corrected chi connectivity index (χ2v) is 7.32. The summed E-state index contributed by atoms with van der Waals surface area (Å²) in [6, 6.07) is 7.81. The Bertz CT molecular complexity index is 977. The van der Waals surface area contributed by atoms with E-state index < -0.39 is 20.9 Å². The molecule has 2 aromatic carbocycles. The maximum Gasteiger partial charge on any atom is 0.270 e. The monoisotopic (exact) mass is 399 g/mol. The number of methoxy groups -OCH3 is 1. The van der Waals surface area contributed by atoms with Gasteiger partial charge in [0.1, 0.15) is 5.75 Å². The number of sulfonamides is 1. The zero-order valence-electron chi connectivity index (χ0n) is 13.6. The standard InChI is InChI=1S/C15H14ClN3O6S/c1-25-14-6-3-9(7-13(14)18-26(2,23)24)17-15(20)11-5-4-10(19(21)22)8-12(11)16/h3-8,18H,1-2H3,(H,17,20). The van der Waals surface area contributed by atoms with Gasteiger partial charge in [0, 0.05) is 17.8 Å². The number of hydrogen-bond donors (Lipinski definition) is 2. The number of nitrogens with zero attached hydrogens (tertiary/aromatic N) is 1. The van der Waals surface area contributed by atoms with Gasteiger partial charge in [-0.05, 0) is 24.3 Å². The molecule has 0 aliphatic rings. The van der Waals surface area contributed by atoms with Gasteiger partial charge in [-0.3, -0.25) is 19.6 Å². The van der Waals surface area contributed by atoms with Gasteiger partial charge in [0.15, 0.2) is 0 Å². The van der Waals surface area contributed by atoms with Gasteiger partial charge in [0.25, 0.3) is 11.6 Å². The van der Waals surface area contributed by atoms with E-state index >= 15 is 0 Å². The minimum absolute atomic E-state index is 0.0331. The van der Waals surface area contributed by atoms with Crippen LogP contribution < -0.4 is 14.8 Å². The first kappa shape index (κ1) is 19.5. The largest absolute Gasteiger partial charge is 0.495 e. The van der Waals surface area contributed by atoms with Crippen LogP contribution in [-0.4, -0.2) is 32.6 Å². The molecule has 0 spiro atoms. The Hall–Kier alpha value is -2.85. The number of nitrogens with one attached hydrogen (secondary N) is 2. The lowest BCUT2D eigenvalue weighted by Crippen LogP contribution is -2.14. The summed E-state index contributed by atoms with van der Waals surface area (Å²) in [6.07, 6.45) is 0.980. The van der Waals surface area contributed by atoms with E-state index in [1.165, 1.54) is 31.4 Å². The molecule has 1 amide bonds. The number of nitro benzene ring substituents is 1. The van der Waals surface area contributed by atoms with Crippen LogP contribution in [0.25, 0.3) is 0 Å². The van der Waals surface area contributed by atoms with Crippen molar-refractivity contribution < 1.29 is 22.9 Å². The van der Waals surface area contributed by atoms with E-state index in [1.54, 1.807) is 0 Å². The van der Waals surface area contributed by atoms with E-state index in [-0.39, 0.29) is 33.4 Å². The van der Waals surface area contributed by atoms with Crippen LogP contribution >= 0.6 is 11.6 Å². The molecule has 0 heterocycles. The van der Waals surface area contributed by atoms with Gasteiger partial charge in [-0.15, -0.1) is 0 Å². The first-order chi connectivity index (χ1) is 12.1. The molecule has 11 heteroatoms. The smallest absolute Gasteiger partial charge is 0.270 e. The van der Waals surface area contributed by atoms with Gasteiger partial charge in [-0.25, -0.2) is 8.42 Å². The summed E-state index contributed by atoms with van der Waals surface area (Å²) in [7, 11) is -2.18. The highest BCUT2D eigenvalue weighted by atomic mass is 35.5. The Labute approximate surface area is 154 Å². The van der Waals surface area contributed by atoms with Crippen LogP contribution in [0.3, 0.4) is 0 Å². The number of hydrogen-bond acceptors (Lipinski definition) is 6. The van der Waals surface area contributed by atoms with Crippen LogP contribution in [-0.2, 0) is 10.0 Å². The lowest BCUT2D eigenvalue weighted by atomic mass is 10.2. The Morgan fingerprint density at radius 1 is 1.23 bits per heavy atom. The minimum atomic E-state index is -3.55. The van der Waals surface area contributed by atoms with Gasteiger partial charge < -0.3 is 10.1 Å². The van der Waals surface area contributed by atoms with E-state index in [2.05, 4.69) is 10.0 Å². The Balaban J connectivity index is 2.29. The van der Waals surface area contributed by atoms with Crippen molar-refractivity contribution in [2.45, 2.75) is 0 Å². The summed E-state index contributed by atoms with van der Waals surface area (Å²) in [4.78, 5) is 22.4. The maximum absolute atomic E-state index is 12.3. The fraction of sp³-hybridized carbons (Fsp3) is 0.133. The van der Waals surface area contributed by atoms with Crippen molar-refractivity contribution in [1.29, 1.82) is 0 Å². The summed E-state index contributed by atoms with van der Waals surface area (Å²) in [6.45, 7) is 0. The van der Waals surface area contributed by atoms with Crippen molar-refractivity contribution >= 4 is 44.6 Å². The molecule has 0 saturated heterocycles. The van der Waals surface area contributed by atoms with Crippen molar-refractivity contribution in [3.63, 3.8) is 0 Å². The third kappa shape index (κ3) is 4.83. The lowest BCUT2D eigenvalue weighted by molar-refractivity contribution is -0.384. The van der Waals surface area contributed by atoms with E-state index in [0.29, 0.717) is 0 Å². The Morgan fingerprint density at radius 3 is 2.46 bits per heavy atom. The highest BCUT2D eigenvalue weighted by Crippen LogP contribution is 2.29. The van der Waals surface area contributed by atoms with E-state index in [0.717, 1.165) is 18.4 Å². The quantitative estimate of drug-likeness (QED) is 0.567. The topological polar surface area (TPSA) is 128 Å². The van der Waals surface area contributed by atoms with Gasteiger partial charge in [-0.2, -0.15) is 0 Å². The second-order valence-electron chi connectivity index (χ2n) is 5.16. The average molecular weight is 400 g/mol. The first-order valence-corrected chi connectivity index (χ1v) is 9.29. The van der Waals surface area contributed by atoms with Crippen LogP contribution in [0.2, 0.25) is 5.02 Å². The highest BCUT2D eigenvalue weighted by Gasteiger charge is 2.16. The van der Waals surface area contributed by atoms with Crippen molar-refractivity contribution in [2.24, 2.45) is 0 Å². The van der Waals surface area contributed by atoms with E-state index in [4.69, 9.17) is 16.3 Å². The number of halogens is 1. The van der Waals surface area contributed by atoms with Crippen LogP contribution in [0, 0.1) is 10.1 Å². The minimum Gasteiger partial charge on any atom is -0.495 e.